The molecule has 236 valence electrons. The lowest BCUT2D eigenvalue weighted by Crippen LogP contribution is -2.48. The van der Waals surface area contributed by atoms with E-state index in [-0.39, 0.29) is 46.0 Å². The highest BCUT2D eigenvalue weighted by molar-refractivity contribution is 6.33. The number of ether oxygens (including phenoxy) is 1. The molecular formula is C34H26Cl3FN2O6. The number of phenolic OH excluding ortho intramolecular Hbond substituents is 1. The van der Waals surface area contributed by atoms with Crippen LogP contribution in [0.5, 0.6) is 11.5 Å². The number of hydrogen-bond acceptors (Lipinski definition) is 6. The molecule has 8 nitrogen and oxygen atoms in total. The van der Waals surface area contributed by atoms with Crippen molar-refractivity contribution < 1.29 is 33.4 Å². The molecule has 3 fully saturated rings. The van der Waals surface area contributed by atoms with Crippen LogP contribution in [0.25, 0.3) is 0 Å². The van der Waals surface area contributed by atoms with Gasteiger partial charge in [0, 0.05) is 10.9 Å². The van der Waals surface area contributed by atoms with Crippen LogP contribution in [0, 0.1) is 34.9 Å². The van der Waals surface area contributed by atoms with E-state index in [0.717, 1.165) is 16.5 Å². The molecule has 2 aliphatic carbocycles. The fourth-order valence-corrected chi connectivity index (χ4v) is 8.55. The van der Waals surface area contributed by atoms with E-state index in [2.05, 4.69) is 0 Å². The van der Waals surface area contributed by atoms with Crippen molar-refractivity contribution in [2.45, 2.75) is 25.7 Å². The van der Waals surface area contributed by atoms with E-state index in [1.54, 1.807) is 37.3 Å². The minimum absolute atomic E-state index is 0.0223. The topological polar surface area (TPSA) is 104 Å². The number of benzene rings is 3. The van der Waals surface area contributed by atoms with E-state index in [9.17, 15) is 28.7 Å². The third kappa shape index (κ3) is 4.25. The first kappa shape index (κ1) is 30.7. The first-order chi connectivity index (χ1) is 21.9. The van der Waals surface area contributed by atoms with Gasteiger partial charge in [-0.3, -0.25) is 24.1 Å². The van der Waals surface area contributed by atoms with E-state index in [1.165, 1.54) is 30.2 Å². The monoisotopic (exact) mass is 682 g/mol. The second-order valence-electron chi connectivity index (χ2n) is 12.3. The fraction of sp³-hybridized carbons (Fsp3) is 0.294. The lowest BCUT2D eigenvalue weighted by molar-refractivity contribution is -0.131. The highest BCUT2D eigenvalue weighted by Crippen LogP contribution is 2.64. The molecule has 3 aromatic carbocycles. The van der Waals surface area contributed by atoms with Gasteiger partial charge in [0.1, 0.15) is 5.82 Å². The number of anilines is 2. The van der Waals surface area contributed by atoms with Crippen LogP contribution in [0.1, 0.15) is 31.2 Å². The zero-order valence-corrected chi connectivity index (χ0v) is 26.7. The maximum absolute atomic E-state index is 14.5. The molecule has 1 saturated carbocycles. The number of carbonyl (C=O) groups excluding carboxylic acids is 4. The Morgan fingerprint density at radius 3 is 2.24 bits per heavy atom. The number of halogens is 4. The van der Waals surface area contributed by atoms with Gasteiger partial charge in [-0.15, -0.1) is 0 Å². The van der Waals surface area contributed by atoms with Crippen molar-refractivity contribution in [3.8, 4) is 11.5 Å². The van der Waals surface area contributed by atoms with Gasteiger partial charge in [0.2, 0.25) is 23.6 Å². The maximum atomic E-state index is 14.5. The summed E-state index contributed by atoms with van der Waals surface area (Å²) in [6, 6.07) is 13.2. The number of amides is 4. The van der Waals surface area contributed by atoms with E-state index in [4.69, 9.17) is 39.5 Å². The van der Waals surface area contributed by atoms with Gasteiger partial charge < -0.3 is 9.84 Å². The second kappa shape index (κ2) is 10.8. The SMILES string of the molecule is COc1cc([C@H]2C3=CC[C@@H]4C(=O)N(c5ccc(Cl)cc5)C(=O)[C@@H]4[C@@H]3C[C@H]3C(=O)N(c4ccc(F)c(Cl)c4)C(=O)[C@@]23C)cc(Cl)c1O. The molecule has 0 unspecified atom stereocenters. The highest BCUT2D eigenvalue weighted by atomic mass is 35.5. The van der Waals surface area contributed by atoms with Crippen LogP contribution >= 0.6 is 34.8 Å². The molecule has 1 N–H and O–H groups in total. The van der Waals surface area contributed by atoms with Crippen molar-refractivity contribution in [2.24, 2.45) is 29.1 Å². The number of carbonyl (C=O) groups is 4. The molecule has 3 aromatic rings. The fourth-order valence-electron chi connectivity index (χ4n) is 8.03. The molecule has 0 bridgehead atoms. The number of hydrogen-bond donors (Lipinski definition) is 1. The number of nitrogens with zero attached hydrogens (tertiary/aromatic N) is 2. The van der Waals surface area contributed by atoms with Gasteiger partial charge in [-0.2, -0.15) is 0 Å². The molecule has 4 amide bonds. The van der Waals surface area contributed by atoms with Crippen molar-refractivity contribution in [3.05, 3.63) is 92.7 Å². The summed E-state index contributed by atoms with van der Waals surface area (Å²) in [5, 5.41) is 10.7. The first-order valence-corrected chi connectivity index (χ1v) is 15.7. The third-order valence-corrected chi connectivity index (χ3v) is 11.0. The minimum Gasteiger partial charge on any atom is -0.503 e. The second-order valence-corrected chi connectivity index (χ2v) is 13.6. The summed E-state index contributed by atoms with van der Waals surface area (Å²) < 4.78 is 19.5. The lowest BCUT2D eigenvalue weighted by Gasteiger charge is -2.49. The minimum atomic E-state index is -1.39. The number of rotatable bonds is 4. The molecule has 46 heavy (non-hydrogen) atoms. The molecule has 2 heterocycles. The Morgan fingerprint density at radius 2 is 1.57 bits per heavy atom. The number of phenols is 1. The molecule has 0 spiro atoms. The molecule has 0 radical (unpaired) electrons. The molecule has 4 aliphatic rings. The third-order valence-electron chi connectivity index (χ3n) is 10.1. The smallest absolute Gasteiger partial charge is 0.241 e. The Balaban J connectivity index is 1.39. The van der Waals surface area contributed by atoms with Gasteiger partial charge in [0.25, 0.3) is 0 Å². The lowest BCUT2D eigenvalue weighted by atomic mass is 9.51. The molecule has 12 heteroatoms. The van der Waals surface area contributed by atoms with Gasteiger partial charge in [-0.05, 0) is 85.8 Å². The van der Waals surface area contributed by atoms with Crippen LogP contribution in [0.3, 0.4) is 0 Å². The maximum Gasteiger partial charge on any atom is 0.241 e. The van der Waals surface area contributed by atoms with Gasteiger partial charge in [0.15, 0.2) is 11.5 Å². The van der Waals surface area contributed by atoms with E-state index < -0.39 is 58.5 Å². The van der Waals surface area contributed by atoms with E-state index in [1.807, 2.05) is 6.08 Å². The summed E-state index contributed by atoms with van der Waals surface area (Å²) in [5.41, 5.74) is 0.345. The molecule has 0 aromatic heterocycles. The summed E-state index contributed by atoms with van der Waals surface area (Å²) in [6.07, 6.45) is 2.26. The summed E-state index contributed by atoms with van der Waals surface area (Å²) in [4.78, 5) is 58.9. The zero-order valence-electron chi connectivity index (χ0n) is 24.5. The number of aromatic hydroxyl groups is 1. The molecule has 7 rings (SSSR count). The predicted octanol–water partition coefficient (Wildman–Crippen LogP) is 6.94. The van der Waals surface area contributed by atoms with Gasteiger partial charge in [-0.25, -0.2) is 9.29 Å². The van der Waals surface area contributed by atoms with E-state index >= 15 is 0 Å². The van der Waals surface area contributed by atoms with Crippen LogP contribution < -0.4 is 14.5 Å². The zero-order chi connectivity index (χ0) is 32.8. The highest BCUT2D eigenvalue weighted by Gasteiger charge is 2.67. The quantitative estimate of drug-likeness (QED) is 0.236. The van der Waals surface area contributed by atoms with Crippen molar-refractivity contribution >= 4 is 69.8 Å². The van der Waals surface area contributed by atoms with Crippen molar-refractivity contribution in [2.75, 3.05) is 16.9 Å². The molecule has 2 saturated heterocycles. The first-order valence-electron chi connectivity index (χ1n) is 14.6. The Hall–Kier alpha value is -3.92. The average molecular weight is 684 g/mol. The largest absolute Gasteiger partial charge is 0.503 e. The normalized spacial score (nSPS) is 28.7. The average Bonchev–Trinajstić information content (AvgIpc) is 3.40. The Bertz CT molecular complexity index is 1900. The van der Waals surface area contributed by atoms with Gasteiger partial charge >= 0.3 is 0 Å². The summed E-state index contributed by atoms with van der Waals surface area (Å²) >= 11 is 18.6. The van der Waals surface area contributed by atoms with Crippen molar-refractivity contribution in [1.82, 2.24) is 0 Å². The van der Waals surface area contributed by atoms with Gasteiger partial charge in [0.05, 0.1) is 51.7 Å². The Kier molecular flexibility index (Phi) is 7.23. The summed E-state index contributed by atoms with van der Waals surface area (Å²) in [7, 11) is 1.37. The van der Waals surface area contributed by atoms with Crippen molar-refractivity contribution in [1.29, 1.82) is 0 Å². The van der Waals surface area contributed by atoms with E-state index in [0.29, 0.717) is 16.3 Å². The predicted molar refractivity (Wildman–Crippen MR) is 170 cm³/mol. The van der Waals surface area contributed by atoms with Crippen LogP contribution in [0.4, 0.5) is 15.8 Å². The van der Waals surface area contributed by atoms with Crippen molar-refractivity contribution in [3.63, 3.8) is 0 Å². The van der Waals surface area contributed by atoms with Crippen LogP contribution in [-0.2, 0) is 19.2 Å². The molecular weight excluding hydrogens is 658 g/mol. The number of fused-ring (bicyclic) bond motifs is 4. The summed E-state index contributed by atoms with van der Waals surface area (Å²) in [5.74, 6) is -6.47. The molecule has 6 atom stereocenters. The van der Waals surface area contributed by atoms with Gasteiger partial charge in [-0.1, -0.05) is 46.5 Å². The van der Waals surface area contributed by atoms with Crippen LogP contribution in [-0.4, -0.2) is 35.8 Å². The number of imide groups is 2. The Morgan fingerprint density at radius 1 is 0.870 bits per heavy atom. The molecule has 2 aliphatic heterocycles. The Labute approximate surface area is 278 Å². The number of methoxy groups -OCH3 is 1. The summed E-state index contributed by atoms with van der Waals surface area (Å²) in [6.45, 7) is 1.70. The van der Waals surface area contributed by atoms with Crippen LogP contribution in [0.2, 0.25) is 15.1 Å². The standard InChI is InChI=1S/C34H26Cl3FN2O6/c1-34-22(31(43)40(33(34)45)18-7-10-25(38)23(36)13-18)14-21-19(28(34)15-11-24(37)29(41)26(12-15)46-2)8-9-20-27(21)32(44)39(30(20)42)17-5-3-16(35)4-6-17/h3-8,10-13,20-22,27-28,41H,9,14H2,1-2H3/t20-,21+,22-,27-,28-,34+/m0/s1. The van der Waals surface area contributed by atoms with Crippen LogP contribution in [0.15, 0.2) is 66.2 Å². The number of allylic oxidation sites excluding steroid dienone is 2.